The summed E-state index contributed by atoms with van der Waals surface area (Å²) in [6, 6.07) is 12.3. The molecule has 0 aromatic heterocycles. The van der Waals surface area contributed by atoms with Crippen molar-refractivity contribution < 1.29 is 18.7 Å². The highest BCUT2D eigenvalue weighted by molar-refractivity contribution is 5.96. The van der Waals surface area contributed by atoms with Gasteiger partial charge < -0.3 is 14.4 Å². The number of Topliss-reactive ketones (excluding diaryl/α,β-unsaturated/α-hetero) is 1. The van der Waals surface area contributed by atoms with Crippen molar-refractivity contribution in [2.75, 3.05) is 26.4 Å². The van der Waals surface area contributed by atoms with Crippen LogP contribution in [-0.2, 0) is 0 Å². The van der Waals surface area contributed by atoms with Crippen LogP contribution in [0.1, 0.15) is 73.2 Å². The monoisotopic (exact) mass is 451 g/mol. The normalized spacial score (nSPS) is 23.5. The molecule has 0 amide bonds. The Morgan fingerprint density at radius 1 is 0.909 bits per heavy atom. The number of ketones is 1. The summed E-state index contributed by atoms with van der Waals surface area (Å²) in [5.41, 5.74) is 1.96. The van der Waals surface area contributed by atoms with Crippen LogP contribution in [0, 0.1) is 17.7 Å². The molecule has 1 aliphatic carbocycles. The molecule has 2 heterocycles. The number of halogens is 1. The molecule has 0 atom stereocenters. The van der Waals surface area contributed by atoms with Crippen molar-refractivity contribution in [2.45, 2.75) is 57.3 Å². The number of carbonyl (C=O) groups is 1. The average Bonchev–Trinajstić information content (AvgIpc) is 3.34. The van der Waals surface area contributed by atoms with Gasteiger partial charge >= 0.3 is 0 Å². The SMILES string of the molecule is O=C(CC1CCC(CCN2CCC(c3cccc4c3OCO4)CC2)CC1)c1ccc(F)cc1. The maximum absolute atomic E-state index is 13.1. The lowest BCUT2D eigenvalue weighted by atomic mass is 9.78. The number of para-hydroxylation sites is 1. The molecule has 2 fully saturated rings. The van der Waals surface area contributed by atoms with Gasteiger partial charge in [-0.1, -0.05) is 25.0 Å². The molecule has 33 heavy (non-hydrogen) atoms. The quantitative estimate of drug-likeness (QED) is 0.470. The molecule has 4 nitrogen and oxygen atoms in total. The largest absolute Gasteiger partial charge is 0.454 e. The molecule has 5 rings (SSSR count). The number of nitrogens with zero attached hydrogens (tertiary/aromatic N) is 1. The standard InChI is InChI=1S/C28H34FNO3/c29-24-10-8-23(9-11-24)26(31)18-21-6-4-20(5-7-21)12-15-30-16-13-22(14-17-30)25-2-1-3-27-28(25)33-19-32-27/h1-3,8-11,20-22H,4-7,12-19H2. The van der Waals surface area contributed by atoms with E-state index in [1.807, 2.05) is 6.07 Å². The third-order valence-electron chi connectivity index (χ3n) is 7.91. The Hall–Kier alpha value is -2.40. The van der Waals surface area contributed by atoms with E-state index in [1.54, 1.807) is 12.1 Å². The minimum Gasteiger partial charge on any atom is -0.454 e. The summed E-state index contributed by atoms with van der Waals surface area (Å²) in [7, 11) is 0. The van der Waals surface area contributed by atoms with E-state index in [2.05, 4.69) is 17.0 Å². The first-order valence-corrected chi connectivity index (χ1v) is 12.6. The van der Waals surface area contributed by atoms with Crippen molar-refractivity contribution in [3.05, 3.63) is 59.4 Å². The number of benzene rings is 2. The fourth-order valence-electron chi connectivity index (χ4n) is 5.85. The van der Waals surface area contributed by atoms with Crippen molar-refractivity contribution >= 4 is 5.78 Å². The summed E-state index contributed by atoms with van der Waals surface area (Å²) in [5, 5.41) is 0. The number of rotatable bonds is 7. The number of piperidine rings is 1. The first-order chi connectivity index (χ1) is 16.2. The third kappa shape index (κ3) is 5.40. The summed E-state index contributed by atoms with van der Waals surface area (Å²) in [6.45, 7) is 3.82. The van der Waals surface area contributed by atoms with Crippen LogP contribution in [0.3, 0.4) is 0 Å². The van der Waals surface area contributed by atoms with Crippen LogP contribution in [0.5, 0.6) is 11.5 Å². The Morgan fingerprint density at radius 3 is 2.39 bits per heavy atom. The van der Waals surface area contributed by atoms with Crippen molar-refractivity contribution in [1.82, 2.24) is 4.90 Å². The molecule has 0 bridgehead atoms. The molecule has 2 aromatic rings. The van der Waals surface area contributed by atoms with Crippen LogP contribution < -0.4 is 9.47 Å². The van der Waals surface area contributed by atoms with Crippen LogP contribution >= 0.6 is 0 Å². The molecule has 1 saturated carbocycles. The van der Waals surface area contributed by atoms with Gasteiger partial charge in [0.2, 0.25) is 6.79 Å². The van der Waals surface area contributed by atoms with E-state index in [-0.39, 0.29) is 11.6 Å². The highest BCUT2D eigenvalue weighted by Gasteiger charge is 2.28. The minimum absolute atomic E-state index is 0.155. The van der Waals surface area contributed by atoms with E-state index in [0.29, 0.717) is 30.6 Å². The molecule has 3 aliphatic rings. The van der Waals surface area contributed by atoms with Crippen LogP contribution in [0.25, 0.3) is 0 Å². The Morgan fingerprint density at radius 2 is 1.64 bits per heavy atom. The zero-order valence-corrected chi connectivity index (χ0v) is 19.3. The summed E-state index contributed by atoms with van der Waals surface area (Å²) in [6.07, 6.45) is 8.96. The predicted octanol–water partition coefficient (Wildman–Crippen LogP) is 6.20. The molecule has 0 unspecified atom stereocenters. The maximum atomic E-state index is 13.1. The molecule has 0 spiro atoms. The van der Waals surface area contributed by atoms with Gasteiger partial charge in [0.15, 0.2) is 17.3 Å². The highest BCUT2D eigenvalue weighted by Crippen LogP contribution is 2.42. The number of hydrogen-bond donors (Lipinski definition) is 0. The summed E-state index contributed by atoms with van der Waals surface area (Å²) >= 11 is 0. The van der Waals surface area contributed by atoms with Crippen molar-refractivity contribution in [3.63, 3.8) is 0 Å². The van der Waals surface area contributed by atoms with Gasteiger partial charge in [-0.2, -0.15) is 0 Å². The second-order valence-corrected chi connectivity index (χ2v) is 10.0. The van der Waals surface area contributed by atoms with Gasteiger partial charge in [0.05, 0.1) is 0 Å². The third-order valence-corrected chi connectivity index (χ3v) is 7.91. The van der Waals surface area contributed by atoms with Gasteiger partial charge in [0, 0.05) is 17.5 Å². The zero-order valence-electron chi connectivity index (χ0n) is 19.3. The average molecular weight is 452 g/mol. The van der Waals surface area contributed by atoms with Crippen LogP contribution in [-0.4, -0.2) is 37.1 Å². The van der Waals surface area contributed by atoms with Crippen molar-refractivity contribution in [1.29, 1.82) is 0 Å². The van der Waals surface area contributed by atoms with Crippen LogP contribution in [0.4, 0.5) is 4.39 Å². The van der Waals surface area contributed by atoms with Crippen LogP contribution in [0.15, 0.2) is 42.5 Å². The molecule has 1 saturated heterocycles. The van der Waals surface area contributed by atoms with E-state index in [0.717, 1.165) is 43.3 Å². The van der Waals surface area contributed by atoms with Gasteiger partial charge in [0.1, 0.15) is 5.82 Å². The van der Waals surface area contributed by atoms with Gasteiger partial charge in [-0.05, 0) is 99.8 Å². The number of likely N-dealkylation sites (tertiary alicyclic amines) is 1. The molecule has 5 heteroatoms. The van der Waals surface area contributed by atoms with Crippen molar-refractivity contribution in [3.8, 4) is 11.5 Å². The lowest BCUT2D eigenvalue weighted by molar-refractivity contribution is 0.0939. The predicted molar refractivity (Wildman–Crippen MR) is 126 cm³/mol. The summed E-state index contributed by atoms with van der Waals surface area (Å²) in [4.78, 5) is 15.1. The topological polar surface area (TPSA) is 38.8 Å². The van der Waals surface area contributed by atoms with Gasteiger partial charge in [-0.15, -0.1) is 0 Å². The number of ether oxygens (including phenoxy) is 2. The first kappa shape index (κ1) is 22.4. The molecule has 0 N–H and O–H groups in total. The second kappa shape index (κ2) is 10.3. The Labute approximate surface area is 196 Å². The summed E-state index contributed by atoms with van der Waals surface area (Å²) < 4.78 is 24.4. The van der Waals surface area contributed by atoms with E-state index in [1.165, 1.54) is 56.3 Å². The van der Waals surface area contributed by atoms with Crippen molar-refractivity contribution in [2.24, 2.45) is 11.8 Å². The Balaban J connectivity index is 1.02. The summed E-state index contributed by atoms with van der Waals surface area (Å²) in [5.74, 6) is 3.55. The zero-order chi connectivity index (χ0) is 22.6. The molecule has 2 aromatic carbocycles. The Bertz CT molecular complexity index is 944. The van der Waals surface area contributed by atoms with E-state index < -0.39 is 0 Å². The lowest BCUT2D eigenvalue weighted by Crippen LogP contribution is -2.34. The lowest BCUT2D eigenvalue weighted by Gasteiger charge is -2.34. The Kier molecular flexibility index (Phi) is 6.96. The number of fused-ring (bicyclic) bond motifs is 1. The number of carbonyl (C=O) groups excluding carboxylic acids is 1. The molecule has 176 valence electrons. The van der Waals surface area contributed by atoms with E-state index in [9.17, 15) is 9.18 Å². The molecule has 0 radical (unpaired) electrons. The van der Waals surface area contributed by atoms with E-state index >= 15 is 0 Å². The smallest absolute Gasteiger partial charge is 0.231 e. The van der Waals surface area contributed by atoms with Gasteiger partial charge in [-0.3, -0.25) is 4.79 Å². The number of hydrogen-bond acceptors (Lipinski definition) is 4. The van der Waals surface area contributed by atoms with E-state index in [4.69, 9.17) is 9.47 Å². The molecular weight excluding hydrogens is 417 g/mol. The highest BCUT2D eigenvalue weighted by atomic mass is 19.1. The fraction of sp³-hybridized carbons (Fsp3) is 0.536. The minimum atomic E-state index is -0.288. The van der Waals surface area contributed by atoms with Gasteiger partial charge in [0.25, 0.3) is 0 Å². The van der Waals surface area contributed by atoms with Crippen LogP contribution in [0.2, 0.25) is 0 Å². The second-order valence-electron chi connectivity index (χ2n) is 10.0. The first-order valence-electron chi connectivity index (χ1n) is 12.6. The molecule has 2 aliphatic heterocycles. The maximum Gasteiger partial charge on any atom is 0.231 e. The molecular formula is C28H34FNO3. The van der Waals surface area contributed by atoms with Gasteiger partial charge in [-0.25, -0.2) is 4.39 Å². The fourth-order valence-corrected chi connectivity index (χ4v) is 5.85.